The average molecular weight is 431 g/mol. The first-order valence-electron chi connectivity index (χ1n) is 11.7. The van der Waals surface area contributed by atoms with Crippen LogP contribution in [-0.2, 0) is 28.3 Å². The molecule has 8 heteroatoms. The van der Waals surface area contributed by atoms with Crippen LogP contribution in [-0.4, -0.2) is 55.9 Å². The lowest BCUT2D eigenvalue weighted by Crippen LogP contribution is -2.50. The molecule has 0 aliphatic carbocycles. The average Bonchev–Trinajstić information content (AvgIpc) is 2.66. The van der Waals surface area contributed by atoms with Crippen molar-refractivity contribution in [2.75, 3.05) is 26.2 Å². The van der Waals surface area contributed by atoms with Crippen molar-refractivity contribution in [2.24, 2.45) is 0 Å². The third kappa shape index (κ3) is 18.5. The highest BCUT2D eigenvalue weighted by molar-refractivity contribution is 6.43. The van der Waals surface area contributed by atoms with Gasteiger partial charge in [-0.25, -0.2) is 0 Å². The predicted molar refractivity (Wildman–Crippen MR) is 122 cm³/mol. The second-order valence-electron chi connectivity index (χ2n) is 7.91. The second-order valence-corrected chi connectivity index (χ2v) is 7.91. The molecule has 178 valence electrons. The molecule has 0 aromatic carbocycles. The molecule has 0 aromatic rings. The van der Waals surface area contributed by atoms with Crippen LogP contribution in [0.25, 0.3) is 0 Å². The number of quaternary nitrogens is 1. The lowest BCUT2D eigenvalue weighted by molar-refractivity contribution is -0.929. The van der Waals surface area contributed by atoms with E-state index in [1.807, 2.05) is 0 Å². The molecule has 0 atom stereocenters. The Labute approximate surface area is 184 Å². The summed E-state index contributed by atoms with van der Waals surface area (Å²) in [5.74, 6) is -2.03. The van der Waals surface area contributed by atoms with Crippen molar-refractivity contribution < 1.29 is 32.8 Å². The number of hydrogen-bond acceptors (Lipinski definition) is 6. The summed E-state index contributed by atoms with van der Waals surface area (Å²) in [6, 6.07) is 0. The molecule has 0 unspecified atom stereocenters. The Morgan fingerprint density at radius 3 is 0.967 bits per heavy atom. The van der Waals surface area contributed by atoms with Crippen LogP contribution < -0.4 is 0 Å². The SMILES string of the molecule is CC(=O)O[BH-](OC(C)=O)OC(C)=O.CCCC[N+](CCCC)(CCCC)CCCC. The molecule has 0 aromatic heterocycles. The van der Waals surface area contributed by atoms with Gasteiger partial charge in [-0.1, -0.05) is 53.4 Å². The topological polar surface area (TPSA) is 78.9 Å². The van der Waals surface area contributed by atoms with Crippen molar-refractivity contribution in [1.82, 2.24) is 0 Å². The van der Waals surface area contributed by atoms with E-state index >= 15 is 0 Å². The molecule has 0 amide bonds. The molecule has 0 rings (SSSR count). The van der Waals surface area contributed by atoms with Crippen molar-refractivity contribution in [3.63, 3.8) is 0 Å². The fourth-order valence-corrected chi connectivity index (χ4v) is 3.23. The first kappa shape index (κ1) is 30.6. The maximum Gasteiger partial charge on any atom is 0.541 e. The van der Waals surface area contributed by atoms with Gasteiger partial charge >= 0.3 is 7.32 Å². The Balaban J connectivity index is 0. The standard InChI is InChI=1S/C16H36N.C6H10BO6/c1-5-9-13-17(14-10-6-2,15-11-7-3)16-12-8-4;1-4(8)11-7(12-5(2)9)13-6(3)10/h5-16H2,1-4H3;7H,1-3H3/q+1;-1. The second kappa shape index (κ2) is 19.4. The van der Waals surface area contributed by atoms with Gasteiger partial charge < -0.3 is 18.4 Å². The number of nitrogens with zero attached hydrogens (tertiary/aromatic N) is 1. The molecule has 0 saturated heterocycles. The third-order valence-electron chi connectivity index (χ3n) is 4.91. The summed E-state index contributed by atoms with van der Waals surface area (Å²) in [6.45, 7) is 18.4. The van der Waals surface area contributed by atoms with Crippen LogP contribution in [0, 0.1) is 0 Å². The predicted octanol–water partition coefficient (Wildman–Crippen LogP) is 4.40. The number of carbonyl (C=O) groups is 3. The number of carbonyl (C=O) groups excluding carboxylic acids is 3. The summed E-state index contributed by atoms with van der Waals surface area (Å²) in [6.07, 6.45) is 11.1. The zero-order chi connectivity index (χ0) is 23.4. The highest BCUT2D eigenvalue weighted by Crippen LogP contribution is 2.16. The van der Waals surface area contributed by atoms with E-state index in [2.05, 4.69) is 41.7 Å². The van der Waals surface area contributed by atoms with Gasteiger partial charge in [0.1, 0.15) is 0 Å². The molecule has 0 saturated carbocycles. The summed E-state index contributed by atoms with van der Waals surface area (Å²) < 4.78 is 14.7. The lowest BCUT2D eigenvalue weighted by Gasteiger charge is -2.39. The van der Waals surface area contributed by atoms with Crippen LogP contribution in [0.3, 0.4) is 0 Å². The van der Waals surface area contributed by atoms with E-state index in [0.717, 1.165) is 20.8 Å². The molecule has 7 nitrogen and oxygen atoms in total. The Morgan fingerprint density at radius 1 is 0.567 bits per heavy atom. The molecular weight excluding hydrogens is 385 g/mol. The summed E-state index contributed by atoms with van der Waals surface area (Å²) in [5.41, 5.74) is 0. The van der Waals surface area contributed by atoms with Crippen molar-refractivity contribution in [2.45, 2.75) is 99.8 Å². The monoisotopic (exact) mass is 431 g/mol. The van der Waals surface area contributed by atoms with Crippen molar-refractivity contribution >= 4 is 25.2 Å². The molecule has 0 aliphatic rings. The maximum atomic E-state index is 10.4. The summed E-state index contributed by atoms with van der Waals surface area (Å²) in [7, 11) is -2.41. The highest BCUT2D eigenvalue weighted by atomic mass is 16.8. The molecule has 0 heterocycles. The van der Waals surface area contributed by atoms with Gasteiger partial charge in [-0.2, -0.15) is 0 Å². The quantitative estimate of drug-likeness (QED) is 0.283. The maximum absolute atomic E-state index is 10.4. The molecule has 0 N–H and O–H groups in total. The fraction of sp³-hybridized carbons (Fsp3) is 0.864. The van der Waals surface area contributed by atoms with Gasteiger partial charge in [0.2, 0.25) is 0 Å². The van der Waals surface area contributed by atoms with Crippen LogP contribution in [0.15, 0.2) is 0 Å². The molecule has 0 aliphatic heterocycles. The van der Waals surface area contributed by atoms with Crippen LogP contribution in [0.2, 0.25) is 0 Å². The van der Waals surface area contributed by atoms with Crippen molar-refractivity contribution in [1.29, 1.82) is 0 Å². The largest absolute Gasteiger partial charge is 0.625 e. The van der Waals surface area contributed by atoms with Crippen molar-refractivity contribution in [3.8, 4) is 0 Å². The Bertz CT molecular complexity index is 397. The molecule has 0 radical (unpaired) electrons. The van der Waals surface area contributed by atoms with Crippen LogP contribution in [0.4, 0.5) is 0 Å². The summed E-state index contributed by atoms with van der Waals surface area (Å²) in [5, 5.41) is 0. The van der Waals surface area contributed by atoms with Crippen LogP contribution >= 0.6 is 0 Å². The van der Waals surface area contributed by atoms with E-state index < -0.39 is 25.2 Å². The normalized spacial score (nSPS) is 10.8. The third-order valence-corrected chi connectivity index (χ3v) is 4.91. The minimum atomic E-state index is -2.41. The van der Waals surface area contributed by atoms with Crippen molar-refractivity contribution in [3.05, 3.63) is 0 Å². The Hall–Kier alpha value is -1.57. The zero-order valence-corrected chi connectivity index (χ0v) is 20.6. The zero-order valence-electron chi connectivity index (χ0n) is 20.6. The lowest BCUT2D eigenvalue weighted by atomic mass is 10.1. The molecule has 0 spiro atoms. The van der Waals surface area contributed by atoms with E-state index in [1.54, 1.807) is 0 Å². The van der Waals surface area contributed by atoms with Gasteiger partial charge in [0.15, 0.2) is 0 Å². The van der Waals surface area contributed by atoms with Gasteiger partial charge in [0.25, 0.3) is 17.9 Å². The van der Waals surface area contributed by atoms with Crippen LogP contribution in [0.1, 0.15) is 99.8 Å². The first-order valence-corrected chi connectivity index (χ1v) is 11.7. The number of hydrogen-bond donors (Lipinski definition) is 0. The molecular formula is C22H46BNO6. The number of unbranched alkanes of at least 4 members (excludes halogenated alkanes) is 4. The summed E-state index contributed by atoms with van der Waals surface area (Å²) >= 11 is 0. The van der Waals surface area contributed by atoms with E-state index in [9.17, 15) is 14.4 Å². The summed E-state index contributed by atoms with van der Waals surface area (Å²) in [4.78, 5) is 31.3. The van der Waals surface area contributed by atoms with E-state index in [-0.39, 0.29) is 0 Å². The number of rotatable bonds is 15. The first-order chi connectivity index (χ1) is 14.2. The minimum absolute atomic E-state index is 0.678. The Kier molecular flexibility index (Phi) is 19.8. The molecule has 0 fully saturated rings. The van der Waals surface area contributed by atoms with E-state index in [4.69, 9.17) is 0 Å². The highest BCUT2D eigenvalue weighted by Gasteiger charge is 2.24. The Morgan fingerprint density at radius 2 is 0.800 bits per heavy atom. The fourth-order valence-electron chi connectivity index (χ4n) is 3.23. The van der Waals surface area contributed by atoms with Crippen LogP contribution in [0.5, 0.6) is 0 Å². The van der Waals surface area contributed by atoms with Gasteiger partial charge in [0, 0.05) is 20.8 Å². The smallest absolute Gasteiger partial charge is 0.541 e. The van der Waals surface area contributed by atoms with Gasteiger partial charge in [-0.15, -0.1) is 0 Å². The van der Waals surface area contributed by atoms with Gasteiger partial charge in [-0.3, -0.25) is 14.4 Å². The minimum Gasteiger partial charge on any atom is -0.625 e. The van der Waals surface area contributed by atoms with Gasteiger partial charge in [0.05, 0.1) is 26.2 Å². The van der Waals surface area contributed by atoms with Gasteiger partial charge in [-0.05, 0) is 25.7 Å². The molecule has 30 heavy (non-hydrogen) atoms. The van der Waals surface area contributed by atoms with E-state index in [1.165, 1.54) is 82.0 Å². The van der Waals surface area contributed by atoms with E-state index in [0.29, 0.717) is 0 Å². The molecule has 0 bridgehead atoms.